The first-order valence-corrected chi connectivity index (χ1v) is 4.25. The molecule has 1 aromatic rings. The van der Waals surface area contributed by atoms with Crippen molar-refractivity contribution in [1.82, 2.24) is 15.3 Å². The van der Waals surface area contributed by atoms with Gasteiger partial charge < -0.3 is 10.3 Å². The highest BCUT2D eigenvalue weighted by Crippen LogP contribution is 2.28. The maximum Gasteiger partial charge on any atom is 0.434 e. The van der Waals surface area contributed by atoms with Gasteiger partial charge in [-0.3, -0.25) is 4.79 Å². The summed E-state index contributed by atoms with van der Waals surface area (Å²) in [6, 6.07) is 0. The highest BCUT2D eigenvalue weighted by Gasteiger charge is 2.36. The van der Waals surface area contributed by atoms with Crippen molar-refractivity contribution >= 4 is 0 Å². The Morgan fingerprint density at radius 2 is 2.25 bits per heavy atom. The quantitative estimate of drug-likeness (QED) is 0.686. The SMILES string of the molecule is CNCC#Cc1c(C(F)(F)F)nc[nH]c1=O. The minimum absolute atomic E-state index is 0.186. The maximum atomic E-state index is 12.4. The average molecular weight is 231 g/mol. The lowest BCUT2D eigenvalue weighted by molar-refractivity contribution is -0.141. The fourth-order valence-electron chi connectivity index (χ4n) is 0.952. The van der Waals surface area contributed by atoms with E-state index in [0.29, 0.717) is 6.33 Å². The van der Waals surface area contributed by atoms with E-state index in [-0.39, 0.29) is 6.54 Å². The minimum Gasteiger partial charge on any atom is -0.312 e. The van der Waals surface area contributed by atoms with Crippen LogP contribution < -0.4 is 10.9 Å². The second kappa shape index (κ2) is 4.81. The maximum absolute atomic E-state index is 12.4. The summed E-state index contributed by atoms with van der Waals surface area (Å²) in [7, 11) is 1.59. The highest BCUT2D eigenvalue weighted by atomic mass is 19.4. The van der Waals surface area contributed by atoms with Gasteiger partial charge in [-0.15, -0.1) is 0 Å². The number of hydrogen-bond donors (Lipinski definition) is 2. The molecule has 86 valence electrons. The van der Waals surface area contributed by atoms with Gasteiger partial charge in [0.15, 0.2) is 5.69 Å². The van der Waals surface area contributed by atoms with Gasteiger partial charge in [-0.2, -0.15) is 13.2 Å². The molecule has 0 unspecified atom stereocenters. The van der Waals surface area contributed by atoms with Crippen molar-refractivity contribution < 1.29 is 13.2 Å². The average Bonchev–Trinajstić information content (AvgIpc) is 2.19. The van der Waals surface area contributed by atoms with Gasteiger partial charge in [0.25, 0.3) is 5.56 Å². The lowest BCUT2D eigenvalue weighted by Crippen LogP contribution is -2.20. The van der Waals surface area contributed by atoms with Crippen LogP contribution in [-0.4, -0.2) is 23.6 Å². The third kappa shape index (κ3) is 2.84. The summed E-state index contributed by atoms with van der Waals surface area (Å²) in [5, 5.41) is 2.63. The fraction of sp³-hybridized carbons (Fsp3) is 0.333. The molecular weight excluding hydrogens is 223 g/mol. The van der Waals surface area contributed by atoms with Crippen LogP contribution in [0.3, 0.4) is 0 Å². The monoisotopic (exact) mass is 231 g/mol. The molecule has 0 saturated carbocycles. The molecule has 0 aliphatic carbocycles. The normalized spacial score (nSPS) is 10.8. The first-order chi connectivity index (χ1) is 7.46. The number of nitrogens with one attached hydrogen (secondary N) is 2. The zero-order valence-electron chi connectivity index (χ0n) is 8.27. The van der Waals surface area contributed by atoms with Crippen molar-refractivity contribution in [2.45, 2.75) is 6.18 Å². The van der Waals surface area contributed by atoms with Crippen LogP contribution in [-0.2, 0) is 6.18 Å². The Kier molecular flexibility index (Phi) is 3.68. The van der Waals surface area contributed by atoms with Crippen LogP contribution in [0.5, 0.6) is 0 Å². The Balaban J connectivity index is 3.27. The summed E-state index contributed by atoms with van der Waals surface area (Å²) in [6.45, 7) is 0.186. The van der Waals surface area contributed by atoms with Gasteiger partial charge in [0.05, 0.1) is 12.9 Å². The number of H-pyrrole nitrogens is 1. The molecule has 1 heterocycles. The van der Waals surface area contributed by atoms with Crippen molar-refractivity contribution in [1.29, 1.82) is 0 Å². The van der Waals surface area contributed by atoms with Gasteiger partial charge >= 0.3 is 6.18 Å². The first kappa shape index (κ1) is 12.3. The zero-order chi connectivity index (χ0) is 12.2. The van der Waals surface area contributed by atoms with Crippen LogP contribution >= 0.6 is 0 Å². The topological polar surface area (TPSA) is 57.8 Å². The van der Waals surface area contributed by atoms with Gasteiger partial charge in [-0.25, -0.2) is 4.98 Å². The van der Waals surface area contributed by atoms with E-state index in [1.807, 2.05) is 4.98 Å². The molecule has 4 nitrogen and oxygen atoms in total. The Bertz CT molecular complexity index is 481. The van der Waals surface area contributed by atoms with Crippen molar-refractivity contribution in [3.63, 3.8) is 0 Å². The first-order valence-electron chi connectivity index (χ1n) is 4.25. The standard InChI is InChI=1S/C9H8F3N3O/c1-13-4-2-3-6-7(9(10,11)12)14-5-15-8(6)16/h5,13H,4H2,1H3,(H,14,15,16). The van der Waals surface area contributed by atoms with Crippen molar-refractivity contribution in [2.24, 2.45) is 0 Å². The van der Waals surface area contributed by atoms with E-state index in [1.54, 1.807) is 7.05 Å². The molecule has 0 aliphatic heterocycles. The predicted molar refractivity (Wildman–Crippen MR) is 50.7 cm³/mol. The number of aromatic amines is 1. The second-order valence-electron chi connectivity index (χ2n) is 2.79. The lowest BCUT2D eigenvalue weighted by Gasteiger charge is -2.05. The molecule has 1 aromatic heterocycles. The molecule has 0 saturated heterocycles. The van der Waals surface area contributed by atoms with E-state index in [1.165, 1.54) is 0 Å². The van der Waals surface area contributed by atoms with Crippen LogP contribution in [0.1, 0.15) is 11.3 Å². The summed E-state index contributed by atoms with van der Waals surface area (Å²) in [4.78, 5) is 16.3. The minimum atomic E-state index is -4.68. The van der Waals surface area contributed by atoms with Gasteiger partial charge in [-0.1, -0.05) is 11.8 Å². The van der Waals surface area contributed by atoms with Crippen molar-refractivity contribution in [3.05, 3.63) is 27.9 Å². The van der Waals surface area contributed by atoms with Crippen LogP contribution in [0.15, 0.2) is 11.1 Å². The van der Waals surface area contributed by atoms with Gasteiger partial charge in [-0.05, 0) is 7.05 Å². The molecule has 0 bridgehead atoms. The molecule has 0 fully saturated rings. The van der Waals surface area contributed by atoms with Gasteiger partial charge in [0, 0.05) is 0 Å². The summed E-state index contributed by atoms with van der Waals surface area (Å²) >= 11 is 0. The fourth-order valence-corrected chi connectivity index (χ4v) is 0.952. The second-order valence-corrected chi connectivity index (χ2v) is 2.79. The molecule has 0 spiro atoms. The number of nitrogens with zero attached hydrogens (tertiary/aromatic N) is 1. The van der Waals surface area contributed by atoms with E-state index in [9.17, 15) is 18.0 Å². The van der Waals surface area contributed by atoms with Crippen LogP contribution in [0.2, 0.25) is 0 Å². The van der Waals surface area contributed by atoms with Crippen LogP contribution in [0.4, 0.5) is 13.2 Å². The summed E-state index contributed by atoms with van der Waals surface area (Å²) in [5.41, 5.74) is -2.82. The summed E-state index contributed by atoms with van der Waals surface area (Å²) in [6.07, 6.45) is -3.98. The Morgan fingerprint density at radius 1 is 1.56 bits per heavy atom. The number of alkyl halides is 3. The molecule has 16 heavy (non-hydrogen) atoms. The molecule has 0 aliphatic rings. The van der Waals surface area contributed by atoms with E-state index in [4.69, 9.17) is 0 Å². The number of hydrogen-bond acceptors (Lipinski definition) is 3. The highest BCUT2D eigenvalue weighted by molar-refractivity contribution is 5.37. The molecule has 0 radical (unpaired) electrons. The van der Waals surface area contributed by atoms with E-state index in [0.717, 1.165) is 0 Å². The number of halogens is 3. The Hall–Kier alpha value is -1.81. The third-order valence-electron chi connectivity index (χ3n) is 1.60. The van der Waals surface area contributed by atoms with Crippen LogP contribution in [0.25, 0.3) is 0 Å². The number of aromatic nitrogens is 2. The summed E-state index contributed by atoms with van der Waals surface area (Å²) in [5.74, 6) is 4.53. The molecule has 2 N–H and O–H groups in total. The van der Waals surface area contributed by atoms with E-state index >= 15 is 0 Å². The van der Waals surface area contributed by atoms with Gasteiger partial charge in [0.2, 0.25) is 0 Å². The van der Waals surface area contributed by atoms with E-state index < -0.39 is 23.0 Å². The van der Waals surface area contributed by atoms with Crippen molar-refractivity contribution in [3.8, 4) is 11.8 Å². The molecule has 0 amide bonds. The molecular formula is C9H8F3N3O. The molecule has 7 heteroatoms. The summed E-state index contributed by atoms with van der Waals surface area (Å²) < 4.78 is 37.3. The Labute approximate surface area is 88.9 Å². The number of rotatable bonds is 1. The smallest absolute Gasteiger partial charge is 0.312 e. The van der Waals surface area contributed by atoms with Crippen LogP contribution in [0, 0.1) is 11.8 Å². The lowest BCUT2D eigenvalue weighted by atomic mass is 10.2. The van der Waals surface area contributed by atoms with Crippen molar-refractivity contribution in [2.75, 3.05) is 13.6 Å². The molecule has 0 atom stereocenters. The largest absolute Gasteiger partial charge is 0.434 e. The Morgan fingerprint density at radius 3 is 2.81 bits per heavy atom. The molecule has 1 rings (SSSR count). The van der Waals surface area contributed by atoms with Gasteiger partial charge in [0.1, 0.15) is 5.56 Å². The predicted octanol–water partition coefficient (Wildman–Crippen LogP) is 0.360. The molecule has 0 aromatic carbocycles. The van der Waals surface area contributed by atoms with E-state index in [2.05, 4.69) is 22.1 Å². The third-order valence-corrected chi connectivity index (χ3v) is 1.60. The zero-order valence-corrected chi connectivity index (χ0v) is 8.27.